The van der Waals surface area contributed by atoms with E-state index in [2.05, 4.69) is 24.5 Å². The fourth-order valence-corrected chi connectivity index (χ4v) is 0.0680. The standard InChI is InChI=1S/C4H6O.C3H6O/c1-3-5-4-2;1-2-3-4/h3-4H,1-2H2;2,4H,1,3H2. The molecule has 9 heavy (non-hydrogen) atoms. The summed E-state index contributed by atoms with van der Waals surface area (Å²) in [6.45, 7) is 9.83. The van der Waals surface area contributed by atoms with Gasteiger partial charge in [0.2, 0.25) is 0 Å². The minimum Gasteiger partial charge on any atom is -0.474 e. The predicted octanol–water partition coefficient (Wildman–Crippen LogP) is 1.45. The van der Waals surface area contributed by atoms with E-state index in [1.807, 2.05) is 0 Å². The zero-order chi connectivity index (χ0) is 7.54. The molecule has 0 aliphatic rings. The van der Waals surface area contributed by atoms with Crippen LogP contribution in [0.25, 0.3) is 0 Å². The van der Waals surface area contributed by atoms with Gasteiger partial charge in [-0.1, -0.05) is 19.2 Å². The van der Waals surface area contributed by atoms with Crippen molar-refractivity contribution in [2.45, 2.75) is 0 Å². The van der Waals surface area contributed by atoms with Gasteiger partial charge in [-0.2, -0.15) is 0 Å². The Kier molecular flexibility index (Phi) is 19.0. The predicted molar refractivity (Wildman–Crippen MR) is 38.8 cm³/mol. The maximum atomic E-state index is 7.76. The van der Waals surface area contributed by atoms with Crippen LogP contribution in [-0.4, -0.2) is 11.7 Å². The van der Waals surface area contributed by atoms with E-state index in [9.17, 15) is 0 Å². The van der Waals surface area contributed by atoms with Crippen LogP contribution in [0.2, 0.25) is 0 Å². The molecule has 0 rings (SSSR count). The van der Waals surface area contributed by atoms with Crippen LogP contribution in [0, 0.1) is 0 Å². The van der Waals surface area contributed by atoms with E-state index in [0.29, 0.717) is 0 Å². The normalized spacial score (nSPS) is 5.89. The summed E-state index contributed by atoms with van der Waals surface area (Å²) in [4.78, 5) is 0. The first-order valence-electron chi connectivity index (χ1n) is 2.42. The molecule has 2 heteroatoms. The lowest BCUT2D eigenvalue weighted by Gasteiger charge is -1.76. The van der Waals surface area contributed by atoms with Gasteiger partial charge in [0.1, 0.15) is 0 Å². The summed E-state index contributed by atoms with van der Waals surface area (Å²) in [6.07, 6.45) is 4.06. The largest absolute Gasteiger partial charge is 0.474 e. The molecular weight excluding hydrogens is 116 g/mol. The third kappa shape index (κ3) is 44.2. The molecule has 0 radical (unpaired) electrons. The van der Waals surface area contributed by atoms with Crippen LogP contribution in [0.3, 0.4) is 0 Å². The number of rotatable bonds is 3. The highest BCUT2D eigenvalue weighted by molar-refractivity contribution is 4.60. The number of ether oxygens (including phenoxy) is 1. The van der Waals surface area contributed by atoms with Crippen LogP contribution < -0.4 is 0 Å². The summed E-state index contributed by atoms with van der Waals surface area (Å²) < 4.78 is 4.36. The van der Waals surface area contributed by atoms with Crippen molar-refractivity contribution in [1.82, 2.24) is 0 Å². The van der Waals surface area contributed by atoms with E-state index >= 15 is 0 Å². The van der Waals surface area contributed by atoms with Gasteiger partial charge in [0.05, 0.1) is 19.1 Å². The van der Waals surface area contributed by atoms with Gasteiger partial charge in [0.25, 0.3) is 0 Å². The Labute approximate surface area is 55.8 Å². The quantitative estimate of drug-likeness (QED) is 0.460. The third-order valence-electron chi connectivity index (χ3n) is 0.322. The molecule has 0 spiro atoms. The first-order chi connectivity index (χ1) is 4.33. The second-order valence-electron chi connectivity index (χ2n) is 0.941. The summed E-state index contributed by atoms with van der Waals surface area (Å²) in [6, 6.07) is 0. The van der Waals surface area contributed by atoms with Crippen LogP contribution >= 0.6 is 0 Å². The van der Waals surface area contributed by atoms with Gasteiger partial charge < -0.3 is 9.84 Å². The van der Waals surface area contributed by atoms with Crippen molar-refractivity contribution in [3.05, 3.63) is 38.3 Å². The smallest absolute Gasteiger partial charge is 0.0829 e. The minimum absolute atomic E-state index is 0.0833. The Bertz CT molecular complexity index is 71.0. The summed E-state index contributed by atoms with van der Waals surface area (Å²) in [5.74, 6) is 0. The Balaban J connectivity index is 0. The molecule has 0 aliphatic heterocycles. The van der Waals surface area contributed by atoms with Crippen LogP contribution in [0.5, 0.6) is 0 Å². The van der Waals surface area contributed by atoms with E-state index in [-0.39, 0.29) is 6.61 Å². The summed E-state index contributed by atoms with van der Waals surface area (Å²) in [5.41, 5.74) is 0. The topological polar surface area (TPSA) is 29.5 Å². The molecule has 0 saturated carbocycles. The summed E-state index contributed by atoms with van der Waals surface area (Å²) in [5, 5.41) is 7.76. The van der Waals surface area contributed by atoms with Crippen molar-refractivity contribution >= 4 is 0 Å². The van der Waals surface area contributed by atoms with Crippen molar-refractivity contribution in [2.75, 3.05) is 6.61 Å². The van der Waals surface area contributed by atoms with Crippen molar-refractivity contribution in [3.8, 4) is 0 Å². The lowest BCUT2D eigenvalue weighted by atomic mass is 10.7. The zero-order valence-corrected chi connectivity index (χ0v) is 5.42. The van der Waals surface area contributed by atoms with E-state index in [1.165, 1.54) is 18.6 Å². The molecule has 0 aromatic rings. The highest BCUT2D eigenvalue weighted by Gasteiger charge is 1.46. The Morgan fingerprint density at radius 2 is 1.56 bits per heavy atom. The third-order valence-corrected chi connectivity index (χ3v) is 0.322. The Hall–Kier alpha value is -1.02. The van der Waals surface area contributed by atoms with Crippen LogP contribution in [0.1, 0.15) is 0 Å². The zero-order valence-electron chi connectivity index (χ0n) is 5.42. The molecule has 0 unspecified atom stereocenters. The fraction of sp³-hybridized carbons (Fsp3) is 0.143. The average molecular weight is 128 g/mol. The van der Waals surface area contributed by atoms with Gasteiger partial charge in [-0.25, -0.2) is 0 Å². The van der Waals surface area contributed by atoms with Gasteiger partial charge in [0, 0.05) is 0 Å². The van der Waals surface area contributed by atoms with Crippen LogP contribution in [-0.2, 0) is 4.74 Å². The Morgan fingerprint density at radius 3 is 1.56 bits per heavy atom. The number of aliphatic hydroxyl groups is 1. The molecule has 0 saturated heterocycles. The van der Waals surface area contributed by atoms with Crippen molar-refractivity contribution in [2.24, 2.45) is 0 Å². The highest BCUT2D eigenvalue weighted by Crippen LogP contribution is 1.65. The lowest BCUT2D eigenvalue weighted by molar-refractivity contribution is 0.343. The molecule has 1 N–H and O–H groups in total. The van der Waals surface area contributed by atoms with Gasteiger partial charge in [-0.05, 0) is 0 Å². The lowest BCUT2D eigenvalue weighted by Crippen LogP contribution is -1.62. The number of aliphatic hydroxyl groups excluding tert-OH is 1. The van der Waals surface area contributed by atoms with E-state index in [1.54, 1.807) is 0 Å². The molecule has 0 aliphatic carbocycles. The Morgan fingerprint density at radius 1 is 1.22 bits per heavy atom. The average Bonchev–Trinajstić information content (AvgIpc) is 1.91. The van der Waals surface area contributed by atoms with Crippen LogP contribution in [0.4, 0.5) is 0 Å². The molecular formula is C7H12O2. The molecule has 52 valence electrons. The van der Waals surface area contributed by atoms with Crippen molar-refractivity contribution in [3.63, 3.8) is 0 Å². The van der Waals surface area contributed by atoms with Crippen molar-refractivity contribution < 1.29 is 9.84 Å². The monoisotopic (exact) mass is 128 g/mol. The molecule has 2 nitrogen and oxygen atoms in total. The molecule has 0 heterocycles. The van der Waals surface area contributed by atoms with Gasteiger partial charge >= 0.3 is 0 Å². The van der Waals surface area contributed by atoms with Gasteiger partial charge in [-0.15, -0.1) is 6.58 Å². The second kappa shape index (κ2) is 15.8. The maximum Gasteiger partial charge on any atom is 0.0829 e. The van der Waals surface area contributed by atoms with E-state index in [0.717, 1.165) is 0 Å². The molecule has 0 fully saturated rings. The fourth-order valence-electron chi connectivity index (χ4n) is 0.0680. The minimum atomic E-state index is 0.0833. The second-order valence-corrected chi connectivity index (χ2v) is 0.941. The molecule has 0 bridgehead atoms. The van der Waals surface area contributed by atoms with E-state index < -0.39 is 0 Å². The number of hydrogen-bond donors (Lipinski definition) is 1. The van der Waals surface area contributed by atoms with Crippen molar-refractivity contribution in [1.29, 1.82) is 0 Å². The summed E-state index contributed by atoms with van der Waals surface area (Å²) >= 11 is 0. The van der Waals surface area contributed by atoms with Gasteiger partial charge in [-0.3, -0.25) is 0 Å². The first kappa shape index (κ1) is 10.9. The number of hydrogen-bond acceptors (Lipinski definition) is 2. The molecule has 0 atom stereocenters. The maximum absolute atomic E-state index is 7.76. The summed E-state index contributed by atoms with van der Waals surface area (Å²) in [7, 11) is 0. The van der Waals surface area contributed by atoms with Gasteiger partial charge in [0.15, 0.2) is 0 Å². The molecule has 0 amide bonds. The first-order valence-corrected chi connectivity index (χ1v) is 2.42. The molecule has 0 aromatic heterocycles. The van der Waals surface area contributed by atoms with E-state index in [4.69, 9.17) is 5.11 Å². The molecule has 0 aromatic carbocycles. The van der Waals surface area contributed by atoms with Crippen LogP contribution in [0.15, 0.2) is 38.3 Å². The SMILES string of the molecule is C=CCO.C=COC=C. The highest BCUT2D eigenvalue weighted by atomic mass is 16.5.